The molecule has 1 aliphatic carbocycles. The fourth-order valence-electron chi connectivity index (χ4n) is 3.51. The van der Waals surface area contributed by atoms with Crippen molar-refractivity contribution in [1.29, 1.82) is 0 Å². The van der Waals surface area contributed by atoms with E-state index in [9.17, 15) is 0 Å². The third-order valence-corrected chi connectivity index (χ3v) is 4.41. The van der Waals surface area contributed by atoms with Crippen LogP contribution in [0.3, 0.4) is 0 Å². The second-order valence-electron chi connectivity index (χ2n) is 5.87. The maximum Gasteiger partial charge on any atom is 0.0590 e. The molecule has 0 spiro atoms. The molecule has 2 nitrogen and oxygen atoms in total. The van der Waals surface area contributed by atoms with Crippen LogP contribution in [0.25, 0.3) is 0 Å². The van der Waals surface area contributed by atoms with Crippen LogP contribution in [-0.2, 0) is 4.74 Å². The summed E-state index contributed by atoms with van der Waals surface area (Å²) in [7, 11) is 0. The molecular weight excluding hydrogens is 210 g/mol. The summed E-state index contributed by atoms with van der Waals surface area (Å²) >= 11 is 0. The van der Waals surface area contributed by atoms with Gasteiger partial charge in [-0.1, -0.05) is 32.6 Å². The lowest BCUT2D eigenvalue weighted by Gasteiger charge is -2.28. The Morgan fingerprint density at radius 2 is 1.82 bits per heavy atom. The molecule has 1 heterocycles. The van der Waals surface area contributed by atoms with Crippen molar-refractivity contribution < 1.29 is 4.74 Å². The Balaban J connectivity index is 1.74. The van der Waals surface area contributed by atoms with E-state index in [4.69, 9.17) is 4.74 Å². The van der Waals surface area contributed by atoms with Gasteiger partial charge in [0.05, 0.1) is 6.10 Å². The molecule has 2 aliphatic rings. The third-order valence-electron chi connectivity index (χ3n) is 4.41. The van der Waals surface area contributed by atoms with E-state index in [1.807, 2.05) is 0 Å². The summed E-state index contributed by atoms with van der Waals surface area (Å²) in [4.78, 5) is 0. The number of rotatable bonds is 6. The number of nitrogens with one attached hydrogen (secondary N) is 1. The van der Waals surface area contributed by atoms with Crippen LogP contribution in [0.1, 0.15) is 64.7 Å². The molecular formula is C15H29NO. The molecule has 2 rings (SSSR count). The lowest BCUT2D eigenvalue weighted by Crippen LogP contribution is -2.36. The molecule has 17 heavy (non-hydrogen) atoms. The maximum absolute atomic E-state index is 5.88. The molecule has 2 heteroatoms. The summed E-state index contributed by atoms with van der Waals surface area (Å²) < 4.78 is 5.88. The topological polar surface area (TPSA) is 21.3 Å². The van der Waals surface area contributed by atoms with Gasteiger partial charge >= 0.3 is 0 Å². The molecule has 1 saturated carbocycles. The van der Waals surface area contributed by atoms with Gasteiger partial charge in [0.25, 0.3) is 0 Å². The van der Waals surface area contributed by atoms with E-state index in [0.29, 0.717) is 12.1 Å². The molecule has 0 bridgehead atoms. The molecule has 100 valence electrons. The summed E-state index contributed by atoms with van der Waals surface area (Å²) in [6.07, 6.45) is 12.9. The first-order chi connectivity index (χ1) is 8.38. The summed E-state index contributed by atoms with van der Waals surface area (Å²) in [5, 5.41) is 3.68. The van der Waals surface area contributed by atoms with Gasteiger partial charge in [0.1, 0.15) is 0 Å². The van der Waals surface area contributed by atoms with Crippen LogP contribution >= 0.6 is 0 Å². The lowest BCUT2D eigenvalue weighted by molar-refractivity contribution is 0.00387. The van der Waals surface area contributed by atoms with Crippen LogP contribution in [0.2, 0.25) is 0 Å². The van der Waals surface area contributed by atoms with Crippen LogP contribution < -0.4 is 5.32 Å². The van der Waals surface area contributed by atoms with E-state index in [2.05, 4.69) is 12.2 Å². The summed E-state index contributed by atoms with van der Waals surface area (Å²) in [6.45, 7) is 4.32. The number of ether oxygens (including phenoxy) is 1. The zero-order valence-electron chi connectivity index (χ0n) is 11.4. The first-order valence-electron chi connectivity index (χ1n) is 7.73. The highest BCUT2D eigenvalue weighted by Crippen LogP contribution is 2.30. The highest BCUT2D eigenvalue weighted by molar-refractivity contribution is 4.79. The Kier molecular flexibility index (Phi) is 5.79. The molecule has 1 saturated heterocycles. The van der Waals surface area contributed by atoms with Gasteiger partial charge in [-0.25, -0.2) is 0 Å². The minimum absolute atomic E-state index is 0.536. The molecule has 0 aromatic carbocycles. The predicted molar refractivity (Wildman–Crippen MR) is 72.2 cm³/mol. The summed E-state index contributed by atoms with van der Waals surface area (Å²) in [5.74, 6) is 0.989. The first kappa shape index (κ1) is 13.4. The van der Waals surface area contributed by atoms with E-state index in [1.165, 1.54) is 57.8 Å². The lowest BCUT2D eigenvalue weighted by atomic mass is 9.93. The van der Waals surface area contributed by atoms with E-state index in [-0.39, 0.29) is 0 Å². The number of hydrogen-bond donors (Lipinski definition) is 1. The first-order valence-corrected chi connectivity index (χ1v) is 7.73. The van der Waals surface area contributed by atoms with E-state index < -0.39 is 0 Å². The van der Waals surface area contributed by atoms with Crippen molar-refractivity contribution in [2.75, 3.05) is 13.2 Å². The molecule has 1 N–H and O–H groups in total. The van der Waals surface area contributed by atoms with Gasteiger partial charge in [0.15, 0.2) is 0 Å². The van der Waals surface area contributed by atoms with Gasteiger partial charge in [-0.05, 0) is 44.6 Å². The second kappa shape index (κ2) is 7.38. The zero-order valence-corrected chi connectivity index (χ0v) is 11.4. The van der Waals surface area contributed by atoms with Gasteiger partial charge in [-0.15, -0.1) is 0 Å². The number of hydrogen-bond acceptors (Lipinski definition) is 2. The second-order valence-corrected chi connectivity index (χ2v) is 5.87. The van der Waals surface area contributed by atoms with Crippen molar-refractivity contribution >= 4 is 0 Å². The van der Waals surface area contributed by atoms with E-state index in [0.717, 1.165) is 19.1 Å². The Bertz CT molecular complexity index is 195. The van der Waals surface area contributed by atoms with Gasteiger partial charge in [0.2, 0.25) is 0 Å². The van der Waals surface area contributed by atoms with Crippen LogP contribution in [-0.4, -0.2) is 25.3 Å². The molecule has 0 aromatic rings. The van der Waals surface area contributed by atoms with Gasteiger partial charge < -0.3 is 10.1 Å². The monoisotopic (exact) mass is 239 g/mol. The van der Waals surface area contributed by atoms with Crippen LogP contribution in [0.4, 0.5) is 0 Å². The maximum atomic E-state index is 5.88. The predicted octanol–water partition coefficient (Wildman–Crippen LogP) is 3.50. The highest BCUT2D eigenvalue weighted by atomic mass is 16.5. The molecule has 2 unspecified atom stereocenters. The Morgan fingerprint density at radius 1 is 1.06 bits per heavy atom. The Hall–Kier alpha value is -0.0800. The van der Waals surface area contributed by atoms with Crippen LogP contribution in [0.5, 0.6) is 0 Å². The van der Waals surface area contributed by atoms with Crippen molar-refractivity contribution in [3.63, 3.8) is 0 Å². The summed E-state index contributed by atoms with van der Waals surface area (Å²) in [5.41, 5.74) is 0. The molecule has 1 aliphatic heterocycles. The normalized spacial score (nSPS) is 28.4. The standard InChI is InChI=1S/C15H29NO/c1-2-16-14(11-13-7-3-4-8-13)12-15-9-5-6-10-17-15/h13-16H,2-12H2,1H3. The highest BCUT2D eigenvalue weighted by Gasteiger charge is 2.23. The van der Waals surface area contributed by atoms with Crippen LogP contribution in [0, 0.1) is 5.92 Å². The smallest absolute Gasteiger partial charge is 0.0590 e. The van der Waals surface area contributed by atoms with Gasteiger partial charge in [-0.3, -0.25) is 0 Å². The van der Waals surface area contributed by atoms with Crippen LogP contribution in [0.15, 0.2) is 0 Å². The molecule has 0 radical (unpaired) electrons. The van der Waals surface area contributed by atoms with Crippen molar-refractivity contribution in [3.8, 4) is 0 Å². The third kappa shape index (κ3) is 4.59. The van der Waals surface area contributed by atoms with Crippen molar-refractivity contribution in [3.05, 3.63) is 0 Å². The largest absolute Gasteiger partial charge is 0.378 e. The van der Waals surface area contributed by atoms with Gasteiger partial charge in [-0.2, -0.15) is 0 Å². The molecule has 0 aromatic heterocycles. The average molecular weight is 239 g/mol. The van der Waals surface area contributed by atoms with Crippen molar-refractivity contribution in [2.24, 2.45) is 5.92 Å². The van der Waals surface area contributed by atoms with E-state index in [1.54, 1.807) is 0 Å². The quantitative estimate of drug-likeness (QED) is 0.766. The minimum atomic E-state index is 0.536. The molecule has 2 fully saturated rings. The van der Waals surface area contributed by atoms with Crippen molar-refractivity contribution in [1.82, 2.24) is 5.32 Å². The SMILES string of the molecule is CCNC(CC1CCCC1)CC1CCCCO1. The molecule has 0 amide bonds. The average Bonchev–Trinajstić information content (AvgIpc) is 2.83. The zero-order chi connectivity index (χ0) is 11.9. The fourth-order valence-corrected chi connectivity index (χ4v) is 3.51. The Labute approximate surface area is 107 Å². The summed E-state index contributed by atoms with van der Waals surface area (Å²) in [6, 6.07) is 0.700. The Morgan fingerprint density at radius 3 is 2.47 bits per heavy atom. The molecule has 2 atom stereocenters. The van der Waals surface area contributed by atoms with E-state index >= 15 is 0 Å². The van der Waals surface area contributed by atoms with Crippen molar-refractivity contribution in [2.45, 2.75) is 76.9 Å². The minimum Gasteiger partial charge on any atom is -0.378 e. The fraction of sp³-hybridized carbons (Fsp3) is 1.00. The van der Waals surface area contributed by atoms with Gasteiger partial charge in [0, 0.05) is 12.6 Å².